The van der Waals surface area contributed by atoms with Gasteiger partial charge in [0.25, 0.3) is 15.9 Å². The summed E-state index contributed by atoms with van der Waals surface area (Å²) in [6.07, 6.45) is -1.01. The van der Waals surface area contributed by atoms with Gasteiger partial charge in [-0.05, 0) is 36.4 Å². The second-order valence-electron chi connectivity index (χ2n) is 6.99. The Hall–Kier alpha value is -3.23. The predicted octanol–water partition coefficient (Wildman–Crippen LogP) is 3.49. The van der Waals surface area contributed by atoms with E-state index in [0.29, 0.717) is 22.2 Å². The van der Waals surface area contributed by atoms with E-state index in [1.165, 1.54) is 16.4 Å². The van der Waals surface area contributed by atoms with Crippen LogP contribution in [0.15, 0.2) is 83.8 Å². The highest BCUT2D eigenvalue weighted by molar-refractivity contribution is 7.92. The number of hydrogen-bond donors (Lipinski definition) is 1. The molecule has 0 fully saturated rings. The number of hydrogen-bond acceptors (Lipinski definition) is 5. The first-order valence-electron chi connectivity index (χ1n) is 9.95. The highest BCUT2D eigenvalue weighted by atomic mass is 35.5. The lowest BCUT2D eigenvalue weighted by Gasteiger charge is -2.34. The van der Waals surface area contributed by atoms with Crippen LogP contribution in [-0.2, 0) is 14.8 Å². The minimum Gasteiger partial charge on any atom is -0.490 e. The summed E-state index contributed by atoms with van der Waals surface area (Å²) in [7, 11) is -3.87. The first kappa shape index (κ1) is 22.0. The van der Waals surface area contributed by atoms with Crippen LogP contribution in [-0.4, -0.2) is 40.1 Å². The van der Waals surface area contributed by atoms with Gasteiger partial charge in [-0.3, -0.25) is 9.10 Å². The van der Waals surface area contributed by atoms with E-state index in [1.54, 1.807) is 66.7 Å². The Morgan fingerprint density at radius 1 is 1.03 bits per heavy atom. The van der Waals surface area contributed by atoms with E-state index in [4.69, 9.17) is 21.1 Å². The van der Waals surface area contributed by atoms with Crippen LogP contribution >= 0.6 is 11.6 Å². The summed E-state index contributed by atoms with van der Waals surface area (Å²) in [5.74, 6) is 0.410. The van der Waals surface area contributed by atoms with Gasteiger partial charge >= 0.3 is 0 Å². The van der Waals surface area contributed by atoms with Crippen LogP contribution in [0.4, 0.5) is 5.69 Å². The topological polar surface area (TPSA) is 84.9 Å². The molecule has 0 aromatic heterocycles. The molecule has 0 radical (unpaired) electrons. The summed E-state index contributed by atoms with van der Waals surface area (Å²) in [5, 5.41) is 3.21. The highest BCUT2D eigenvalue weighted by Gasteiger charge is 2.37. The molecule has 3 aromatic rings. The number of benzene rings is 3. The van der Waals surface area contributed by atoms with Gasteiger partial charge < -0.3 is 14.8 Å². The lowest BCUT2D eigenvalue weighted by molar-refractivity contribution is -0.127. The molecule has 1 aliphatic heterocycles. The van der Waals surface area contributed by atoms with Crippen molar-refractivity contribution in [3.8, 4) is 11.5 Å². The van der Waals surface area contributed by atoms with Gasteiger partial charge in [-0.2, -0.15) is 0 Å². The van der Waals surface area contributed by atoms with Crippen LogP contribution in [0, 0.1) is 0 Å². The molecule has 9 heteroatoms. The Balaban J connectivity index is 1.46. The van der Waals surface area contributed by atoms with Gasteiger partial charge in [-0.25, -0.2) is 8.42 Å². The molecule has 3 aromatic carbocycles. The number of nitrogens with one attached hydrogen (secondary N) is 1. The Kier molecular flexibility index (Phi) is 6.53. The minimum atomic E-state index is -3.87. The standard InChI is InChI=1S/C23H21ClN2O5S/c24-18-10-4-6-12-20(18)30-15-14-25-23(27)22-16-26(19-11-5-7-13-21(19)31-22)32(28,29)17-8-2-1-3-9-17/h1-13,22H,14-16H2,(H,25,27)/t22-/m1/s1. The third-order valence-corrected chi connectivity index (χ3v) is 6.96. The third kappa shape index (κ3) is 4.66. The van der Waals surface area contributed by atoms with Crippen molar-refractivity contribution in [2.24, 2.45) is 0 Å². The number of halogens is 1. The Morgan fingerprint density at radius 2 is 1.72 bits per heavy atom. The molecular formula is C23H21ClN2O5S. The molecule has 0 saturated heterocycles. The van der Waals surface area contributed by atoms with Crippen molar-refractivity contribution in [3.63, 3.8) is 0 Å². The molecule has 0 bridgehead atoms. The number of carbonyl (C=O) groups is 1. The molecule has 1 amide bonds. The second-order valence-corrected chi connectivity index (χ2v) is 9.26. The minimum absolute atomic E-state index is 0.143. The molecule has 0 spiro atoms. The number of fused-ring (bicyclic) bond motifs is 1. The Bertz CT molecular complexity index is 1200. The molecule has 166 valence electrons. The number of ether oxygens (including phenoxy) is 2. The molecule has 0 aliphatic carbocycles. The van der Waals surface area contributed by atoms with Gasteiger partial charge in [0.2, 0.25) is 0 Å². The van der Waals surface area contributed by atoms with Gasteiger partial charge in [-0.15, -0.1) is 0 Å². The number of amides is 1. The average Bonchev–Trinajstić information content (AvgIpc) is 2.82. The fourth-order valence-electron chi connectivity index (χ4n) is 3.30. The van der Waals surface area contributed by atoms with Crippen LogP contribution < -0.4 is 19.1 Å². The lowest BCUT2D eigenvalue weighted by Crippen LogP contribution is -2.51. The van der Waals surface area contributed by atoms with Crippen molar-refractivity contribution in [2.75, 3.05) is 24.0 Å². The number of nitrogens with zero attached hydrogens (tertiary/aromatic N) is 1. The largest absolute Gasteiger partial charge is 0.490 e. The summed E-state index contributed by atoms with van der Waals surface area (Å²) >= 11 is 6.05. The normalized spacial score (nSPS) is 15.4. The molecule has 1 aliphatic rings. The SMILES string of the molecule is O=C(NCCOc1ccccc1Cl)[C@H]1CN(S(=O)(=O)c2ccccc2)c2ccccc2O1. The summed E-state index contributed by atoms with van der Waals surface area (Å²) in [5.41, 5.74) is 0.391. The molecule has 0 unspecified atom stereocenters. The number of carbonyl (C=O) groups excluding carboxylic acids is 1. The number of sulfonamides is 1. The maximum absolute atomic E-state index is 13.3. The summed E-state index contributed by atoms with van der Waals surface area (Å²) in [6, 6.07) is 21.9. The fraction of sp³-hybridized carbons (Fsp3) is 0.174. The molecule has 1 N–H and O–H groups in total. The van der Waals surface area contributed by atoms with Crippen LogP contribution in [0.25, 0.3) is 0 Å². The van der Waals surface area contributed by atoms with E-state index < -0.39 is 22.0 Å². The van der Waals surface area contributed by atoms with Crippen LogP contribution in [0.5, 0.6) is 11.5 Å². The zero-order valence-electron chi connectivity index (χ0n) is 17.0. The summed E-state index contributed by atoms with van der Waals surface area (Å²) < 4.78 is 39.1. The van der Waals surface area contributed by atoms with Crippen molar-refractivity contribution in [2.45, 2.75) is 11.0 Å². The van der Waals surface area contributed by atoms with Gasteiger partial charge in [0, 0.05) is 0 Å². The molecule has 0 saturated carbocycles. The van der Waals surface area contributed by atoms with Crippen molar-refractivity contribution >= 4 is 33.2 Å². The average molecular weight is 473 g/mol. The Morgan fingerprint density at radius 3 is 2.50 bits per heavy atom. The van der Waals surface area contributed by atoms with Gasteiger partial charge in [-0.1, -0.05) is 54.1 Å². The molecule has 1 atom stereocenters. The van der Waals surface area contributed by atoms with Gasteiger partial charge in [0.1, 0.15) is 18.1 Å². The maximum atomic E-state index is 13.3. The van der Waals surface area contributed by atoms with E-state index in [9.17, 15) is 13.2 Å². The van der Waals surface area contributed by atoms with E-state index in [0.717, 1.165) is 0 Å². The van der Waals surface area contributed by atoms with E-state index in [1.807, 2.05) is 0 Å². The van der Waals surface area contributed by atoms with Crippen LogP contribution in [0.1, 0.15) is 0 Å². The van der Waals surface area contributed by atoms with Crippen LogP contribution in [0.2, 0.25) is 5.02 Å². The van der Waals surface area contributed by atoms with E-state index in [-0.39, 0.29) is 24.6 Å². The van der Waals surface area contributed by atoms with Crippen molar-refractivity contribution in [1.82, 2.24) is 5.32 Å². The molecule has 1 heterocycles. The lowest BCUT2D eigenvalue weighted by atomic mass is 10.2. The monoisotopic (exact) mass is 472 g/mol. The molecule has 7 nitrogen and oxygen atoms in total. The van der Waals surface area contributed by atoms with Crippen molar-refractivity contribution < 1.29 is 22.7 Å². The van der Waals surface area contributed by atoms with Gasteiger partial charge in [0.05, 0.1) is 28.7 Å². The number of rotatable bonds is 7. The number of anilines is 1. The second kappa shape index (κ2) is 9.50. The quantitative estimate of drug-likeness (QED) is 0.532. The predicted molar refractivity (Wildman–Crippen MR) is 122 cm³/mol. The fourth-order valence-corrected chi connectivity index (χ4v) is 4.98. The molecule has 4 rings (SSSR count). The van der Waals surface area contributed by atoms with Crippen molar-refractivity contribution in [3.05, 3.63) is 83.9 Å². The third-order valence-electron chi connectivity index (χ3n) is 4.85. The first-order chi connectivity index (χ1) is 15.5. The van der Waals surface area contributed by atoms with Gasteiger partial charge in [0.15, 0.2) is 6.10 Å². The van der Waals surface area contributed by atoms with Crippen LogP contribution in [0.3, 0.4) is 0 Å². The van der Waals surface area contributed by atoms with Crippen molar-refractivity contribution in [1.29, 1.82) is 0 Å². The van der Waals surface area contributed by atoms with E-state index >= 15 is 0 Å². The Labute approximate surface area is 191 Å². The first-order valence-corrected chi connectivity index (χ1v) is 11.8. The highest BCUT2D eigenvalue weighted by Crippen LogP contribution is 2.36. The van der Waals surface area contributed by atoms with E-state index in [2.05, 4.69) is 5.32 Å². The summed E-state index contributed by atoms with van der Waals surface area (Å²) in [4.78, 5) is 12.9. The molecular weight excluding hydrogens is 452 g/mol. The number of para-hydroxylation sites is 3. The zero-order chi connectivity index (χ0) is 22.6. The zero-order valence-corrected chi connectivity index (χ0v) is 18.6. The smallest absolute Gasteiger partial charge is 0.264 e. The maximum Gasteiger partial charge on any atom is 0.264 e. The summed E-state index contributed by atoms with van der Waals surface area (Å²) in [6.45, 7) is 0.257. The molecule has 32 heavy (non-hydrogen) atoms.